The number of hydrogen-bond donors (Lipinski definition) is 0. The maximum Gasteiger partial charge on any atom is 0.107 e. The minimum absolute atomic E-state index is 0.168. The summed E-state index contributed by atoms with van der Waals surface area (Å²) >= 11 is 22.8. The van der Waals surface area contributed by atoms with Crippen molar-refractivity contribution in [3.05, 3.63) is 0 Å². The van der Waals surface area contributed by atoms with Gasteiger partial charge in [-0.3, -0.25) is 0 Å². The van der Waals surface area contributed by atoms with E-state index in [2.05, 4.69) is 0 Å². The molecule has 0 aromatic rings. The Balaban J connectivity index is 2.96. The Hall–Kier alpha value is 2.02. The largest absolute Gasteiger partial charge is 0.122 e. The summed E-state index contributed by atoms with van der Waals surface area (Å²) in [5.41, 5.74) is 0. The van der Waals surface area contributed by atoms with Crippen molar-refractivity contribution in [2.24, 2.45) is 0 Å². The molecule has 2 atom stereocenters. The van der Waals surface area contributed by atoms with E-state index in [-0.39, 0.29) is 9.67 Å². The van der Waals surface area contributed by atoms with Gasteiger partial charge in [0.05, 0.1) is 0 Å². The molecule has 0 nitrogen and oxygen atoms in total. The van der Waals surface area contributed by atoms with Gasteiger partial charge in [-0.1, -0.05) is 25.7 Å². The molecule has 0 heterocycles. The van der Waals surface area contributed by atoms with E-state index in [4.69, 9.17) is 46.4 Å². The third-order valence-electron chi connectivity index (χ3n) is 3.03. The molecule has 0 aromatic heterocycles. The molecule has 0 aliphatic rings. The lowest BCUT2D eigenvalue weighted by Crippen LogP contribution is -1.90. The van der Waals surface area contributed by atoms with Crippen molar-refractivity contribution in [2.75, 3.05) is 24.6 Å². The Morgan fingerprint density at radius 3 is 1.25 bits per heavy atom. The Labute approximate surface area is 149 Å². The molecule has 0 saturated heterocycles. The number of unbranched alkanes of at least 4 members (excludes halogenated alkanes) is 4. The van der Waals surface area contributed by atoms with Gasteiger partial charge in [-0.2, -0.15) is 0 Å². The Bertz CT molecular complexity index is 172. The Kier molecular flexibility index (Phi) is 19.1. The summed E-state index contributed by atoms with van der Waals surface area (Å²) in [5, 5.41) is 0. The third-order valence-corrected chi connectivity index (χ3v) is 7.02. The second kappa shape index (κ2) is 17.4. The van der Waals surface area contributed by atoms with Gasteiger partial charge >= 0.3 is 0 Å². The average molecular weight is 400 g/mol. The standard InChI is InChI=1S/C14H28Cl4P2/c15-13(16)7-3-1-5-9-19-11-12-20-10-6-2-4-8-14(17)18/h13-14,19-20H,1-12H2. The summed E-state index contributed by atoms with van der Waals surface area (Å²) in [5.74, 6) is 0. The number of hydrogen-bond acceptors (Lipinski definition) is 0. The van der Waals surface area contributed by atoms with Crippen molar-refractivity contribution in [3.63, 3.8) is 0 Å². The predicted molar refractivity (Wildman–Crippen MR) is 104 cm³/mol. The summed E-state index contributed by atoms with van der Waals surface area (Å²) in [6.07, 6.45) is 15.2. The molecular weight excluding hydrogens is 372 g/mol. The van der Waals surface area contributed by atoms with Crippen LogP contribution in [0.25, 0.3) is 0 Å². The first-order valence-corrected chi connectivity index (χ1v) is 12.2. The van der Waals surface area contributed by atoms with Crippen LogP contribution >= 0.6 is 63.6 Å². The van der Waals surface area contributed by atoms with Crippen molar-refractivity contribution in [1.82, 2.24) is 0 Å². The van der Waals surface area contributed by atoms with Gasteiger partial charge < -0.3 is 0 Å². The van der Waals surface area contributed by atoms with Crippen molar-refractivity contribution in [1.29, 1.82) is 0 Å². The van der Waals surface area contributed by atoms with Crippen LogP contribution in [0.1, 0.15) is 51.4 Å². The van der Waals surface area contributed by atoms with E-state index in [9.17, 15) is 0 Å². The molecule has 6 heteroatoms. The van der Waals surface area contributed by atoms with Gasteiger partial charge in [-0.05, 0) is 50.3 Å². The van der Waals surface area contributed by atoms with E-state index < -0.39 is 0 Å². The summed E-state index contributed by atoms with van der Waals surface area (Å²) in [6, 6.07) is 0. The van der Waals surface area contributed by atoms with Gasteiger partial charge in [0.2, 0.25) is 0 Å². The van der Waals surface area contributed by atoms with E-state index in [1.54, 1.807) is 0 Å². The zero-order valence-electron chi connectivity index (χ0n) is 12.2. The predicted octanol–water partition coefficient (Wildman–Crippen LogP) is 7.07. The van der Waals surface area contributed by atoms with Gasteiger partial charge in [0.15, 0.2) is 0 Å². The average Bonchev–Trinajstić information content (AvgIpc) is 2.38. The zero-order chi connectivity index (χ0) is 15.1. The van der Waals surface area contributed by atoms with Crippen LogP contribution in [0, 0.1) is 0 Å². The van der Waals surface area contributed by atoms with Crippen molar-refractivity contribution >= 4 is 63.6 Å². The Morgan fingerprint density at radius 2 is 0.900 bits per heavy atom. The molecule has 20 heavy (non-hydrogen) atoms. The molecule has 0 N–H and O–H groups in total. The minimum Gasteiger partial charge on any atom is -0.122 e. The van der Waals surface area contributed by atoms with E-state index in [1.807, 2.05) is 0 Å². The van der Waals surface area contributed by atoms with Crippen LogP contribution in [0.4, 0.5) is 0 Å². The fourth-order valence-corrected chi connectivity index (χ4v) is 5.41. The molecule has 0 aliphatic carbocycles. The molecule has 0 rings (SSSR count). The van der Waals surface area contributed by atoms with E-state index in [1.165, 1.54) is 63.2 Å². The summed E-state index contributed by atoms with van der Waals surface area (Å²) in [4.78, 5) is -0.336. The van der Waals surface area contributed by atoms with Gasteiger partial charge in [-0.25, -0.2) is 0 Å². The quantitative estimate of drug-likeness (QED) is 0.157. The lowest BCUT2D eigenvalue weighted by molar-refractivity contribution is 0.695. The van der Waals surface area contributed by atoms with Gasteiger partial charge in [0.25, 0.3) is 0 Å². The van der Waals surface area contributed by atoms with Crippen LogP contribution < -0.4 is 0 Å². The first-order valence-electron chi connectivity index (χ1n) is 7.60. The summed E-state index contributed by atoms with van der Waals surface area (Å²) < 4.78 is 0. The fourth-order valence-electron chi connectivity index (χ4n) is 1.88. The van der Waals surface area contributed by atoms with Gasteiger partial charge in [0, 0.05) is 0 Å². The number of halogens is 4. The molecule has 0 bridgehead atoms. The topological polar surface area (TPSA) is 0 Å². The number of alkyl halides is 4. The van der Waals surface area contributed by atoms with Crippen LogP contribution in [-0.2, 0) is 0 Å². The lowest BCUT2D eigenvalue weighted by atomic mass is 10.2. The van der Waals surface area contributed by atoms with Crippen LogP contribution in [0.5, 0.6) is 0 Å². The summed E-state index contributed by atoms with van der Waals surface area (Å²) in [7, 11) is 2.31. The van der Waals surface area contributed by atoms with Crippen molar-refractivity contribution in [2.45, 2.75) is 61.0 Å². The molecule has 0 radical (unpaired) electrons. The maximum atomic E-state index is 5.69. The molecule has 0 aromatic carbocycles. The third kappa shape index (κ3) is 20.0. The number of rotatable bonds is 15. The first kappa shape index (κ1) is 22.0. The fraction of sp³-hybridized carbons (Fsp3) is 1.00. The molecule has 0 amide bonds. The normalized spacial score (nSPS) is 12.9. The molecule has 0 aliphatic heterocycles. The lowest BCUT2D eigenvalue weighted by Gasteiger charge is -2.04. The first-order chi connectivity index (χ1) is 9.63. The minimum atomic E-state index is -0.168. The SMILES string of the molecule is ClC(Cl)CCCCCPCCPCCCCCC(Cl)Cl. The van der Waals surface area contributed by atoms with Crippen molar-refractivity contribution < 1.29 is 0 Å². The molecule has 0 spiro atoms. The van der Waals surface area contributed by atoms with E-state index in [0.29, 0.717) is 0 Å². The molecule has 122 valence electrons. The van der Waals surface area contributed by atoms with E-state index >= 15 is 0 Å². The van der Waals surface area contributed by atoms with Crippen LogP contribution in [0.3, 0.4) is 0 Å². The highest BCUT2D eigenvalue weighted by Crippen LogP contribution is 2.21. The van der Waals surface area contributed by atoms with Crippen LogP contribution in [-0.4, -0.2) is 34.3 Å². The smallest absolute Gasteiger partial charge is 0.107 e. The highest BCUT2D eigenvalue weighted by Gasteiger charge is 1.99. The van der Waals surface area contributed by atoms with Crippen LogP contribution in [0.15, 0.2) is 0 Å². The van der Waals surface area contributed by atoms with Gasteiger partial charge in [-0.15, -0.1) is 63.6 Å². The molecule has 2 unspecified atom stereocenters. The highest BCUT2D eigenvalue weighted by molar-refractivity contribution is 7.42. The van der Waals surface area contributed by atoms with Crippen LogP contribution in [0.2, 0.25) is 0 Å². The zero-order valence-corrected chi connectivity index (χ0v) is 17.2. The van der Waals surface area contributed by atoms with Crippen molar-refractivity contribution in [3.8, 4) is 0 Å². The monoisotopic (exact) mass is 398 g/mol. The van der Waals surface area contributed by atoms with Gasteiger partial charge in [0.1, 0.15) is 9.67 Å². The second-order valence-electron chi connectivity index (χ2n) is 4.98. The highest BCUT2D eigenvalue weighted by atomic mass is 35.5. The maximum absolute atomic E-state index is 5.69. The molecule has 0 saturated carbocycles. The second-order valence-corrected chi connectivity index (χ2v) is 10.5. The Morgan fingerprint density at radius 1 is 0.500 bits per heavy atom. The molecule has 0 fully saturated rings. The van der Waals surface area contributed by atoms with E-state index in [0.717, 1.165) is 30.0 Å². The molecular formula is C14H28Cl4P2. The summed E-state index contributed by atoms with van der Waals surface area (Å²) in [6.45, 7) is 0.